The molecule has 176 valence electrons. The van der Waals surface area contributed by atoms with Crippen LogP contribution in [0.5, 0.6) is 0 Å². The van der Waals surface area contributed by atoms with E-state index in [0.29, 0.717) is 27.1 Å². The molecule has 0 spiro atoms. The van der Waals surface area contributed by atoms with Gasteiger partial charge in [-0.3, -0.25) is 20.2 Å². The third kappa shape index (κ3) is 3.63. The highest BCUT2D eigenvalue weighted by molar-refractivity contribution is 7.80. The van der Waals surface area contributed by atoms with E-state index in [1.165, 1.54) is 12.1 Å². The molecule has 0 aliphatic rings. The summed E-state index contributed by atoms with van der Waals surface area (Å²) in [6, 6.07) is 21.1. The Kier molecular flexibility index (Phi) is 4.80. The van der Waals surface area contributed by atoms with Crippen LogP contribution in [0.3, 0.4) is 0 Å². The highest BCUT2D eigenvalue weighted by Crippen LogP contribution is 2.34. The van der Waals surface area contributed by atoms with Crippen LogP contribution < -0.4 is 10.6 Å². The fourth-order valence-corrected chi connectivity index (χ4v) is 4.54. The number of thiocarbonyl (C=S) groups is 1. The normalized spacial score (nSPS) is 11.3. The quantitative estimate of drug-likeness (QED) is 0.148. The lowest BCUT2D eigenvalue weighted by Gasteiger charge is -2.12. The number of nitro groups is 2. The van der Waals surface area contributed by atoms with Gasteiger partial charge in [0.05, 0.1) is 12.1 Å². The summed E-state index contributed by atoms with van der Waals surface area (Å²) in [5, 5.41) is 33.5. The number of hydrogen-bond acceptors (Lipinski definition) is 7. The van der Waals surface area contributed by atoms with Crippen molar-refractivity contribution in [3.05, 3.63) is 93.0 Å². The highest BCUT2D eigenvalue weighted by atomic mass is 32.1. The van der Waals surface area contributed by atoms with Gasteiger partial charge in [0.15, 0.2) is 5.11 Å². The Morgan fingerprint density at radius 2 is 1.08 bits per heavy atom. The summed E-state index contributed by atoms with van der Waals surface area (Å²) in [5.41, 5.74) is 2.38. The first-order valence-electron chi connectivity index (χ1n) is 10.7. The van der Waals surface area contributed by atoms with Crippen molar-refractivity contribution in [1.29, 1.82) is 0 Å². The van der Waals surface area contributed by atoms with Crippen molar-refractivity contribution in [3.63, 3.8) is 0 Å². The summed E-state index contributed by atoms with van der Waals surface area (Å²) < 4.78 is 10.6. The number of nitrogens with zero attached hydrogens (tertiary/aromatic N) is 2. The summed E-state index contributed by atoms with van der Waals surface area (Å²) in [6.45, 7) is 0. The van der Waals surface area contributed by atoms with Gasteiger partial charge in [0.1, 0.15) is 21.0 Å². The predicted octanol–water partition coefficient (Wildman–Crippen LogP) is 7.11. The molecule has 0 saturated heterocycles. The molecule has 6 rings (SSSR count). The van der Waals surface area contributed by atoms with Gasteiger partial charge in [-0.15, -0.1) is 0 Å². The molecule has 36 heavy (non-hydrogen) atoms. The van der Waals surface area contributed by atoms with Crippen molar-refractivity contribution in [3.8, 4) is 0 Å². The number of fused-ring (bicyclic) bond motifs is 6. The Labute approximate surface area is 206 Å². The summed E-state index contributed by atoms with van der Waals surface area (Å²) in [7, 11) is 0. The van der Waals surface area contributed by atoms with Crippen LogP contribution in [0.15, 0.2) is 81.6 Å². The van der Waals surface area contributed by atoms with E-state index in [4.69, 9.17) is 21.1 Å². The number of anilines is 2. The maximum Gasteiger partial charge on any atom is 0.434 e. The van der Waals surface area contributed by atoms with Crippen molar-refractivity contribution in [2.24, 2.45) is 0 Å². The molecule has 2 aromatic heterocycles. The van der Waals surface area contributed by atoms with Crippen LogP contribution in [0.2, 0.25) is 0 Å². The van der Waals surface area contributed by atoms with Crippen LogP contribution in [-0.2, 0) is 0 Å². The molecular weight excluding hydrogens is 484 g/mol. The first-order valence-corrected chi connectivity index (χ1v) is 11.1. The summed E-state index contributed by atoms with van der Waals surface area (Å²) in [5.74, 6) is -0.598. The third-order valence-electron chi connectivity index (χ3n) is 5.88. The molecule has 0 aliphatic carbocycles. The topological polar surface area (TPSA) is 137 Å². The molecule has 4 aromatic carbocycles. The van der Waals surface area contributed by atoms with Gasteiger partial charge < -0.3 is 19.5 Å². The van der Waals surface area contributed by atoms with Crippen LogP contribution in [0.1, 0.15) is 0 Å². The molecule has 0 amide bonds. The Bertz CT molecular complexity index is 1750. The lowest BCUT2D eigenvalue weighted by atomic mass is 10.1. The molecular formula is C25H14N4O6S. The Hall–Kier alpha value is -5.03. The smallest absolute Gasteiger partial charge is 0.401 e. The number of hydrogen-bond donors (Lipinski definition) is 2. The highest BCUT2D eigenvalue weighted by Gasteiger charge is 2.17. The minimum Gasteiger partial charge on any atom is -0.401 e. The van der Waals surface area contributed by atoms with Crippen molar-refractivity contribution in [1.82, 2.24) is 0 Å². The second-order valence-corrected chi connectivity index (χ2v) is 8.50. The summed E-state index contributed by atoms with van der Waals surface area (Å²) >= 11 is 5.48. The zero-order chi connectivity index (χ0) is 25.0. The number of rotatable bonds is 4. The summed E-state index contributed by atoms with van der Waals surface area (Å²) in [4.78, 5) is 21.0. The van der Waals surface area contributed by atoms with E-state index in [0.717, 1.165) is 32.9 Å². The van der Waals surface area contributed by atoms with Gasteiger partial charge in [-0.2, -0.15) is 0 Å². The standard InChI is InChI=1S/C25H14N4O6S/c30-28(31)23-11-19-17-5-3-15(9-13(17)1-7-21(19)34-23)26-25(36)27-16-4-6-18-14(10-16)2-8-22-20(18)12-24(35-22)29(32)33/h1-12H,(H2,26,27,36). The van der Waals surface area contributed by atoms with Crippen LogP contribution >= 0.6 is 12.2 Å². The monoisotopic (exact) mass is 498 g/mol. The van der Waals surface area contributed by atoms with E-state index in [2.05, 4.69) is 10.6 Å². The van der Waals surface area contributed by atoms with Crippen LogP contribution in [-0.4, -0.2) is 15.0 Å². The molecule has 2 heterocycles. The van der Waals surface area contributed by atoms with Crippen molar-refractivity contribution in [2.75, 3.05) is 10.6 Å². The van der Waals surface area contributed by atoms with E-state index in [-0.39, 0.29) is 11.8 Å². The Balaban J connectivity index is 1.24. The zero-order valence-corrected chi connectivity index (χ0v) is 19.0. The fraction of sp³-hybridized carbons (Fsp3) is 0. The van der Waals surface area contributed by atoms with Gasteiger partial charge in [0.2, 0.25) is 0 Å². The van der Waals surface area contributed by atoms with E-state index >= 15 is 0 Å². The molecule has 0 bridgehead atoms. The molecule has 0 atom stereocenters. The zero-order valence-electron chi connectivity index (χ0n) is 18.2. The molecule has 11 heteroatoms. The Morgan fingerprint density at radius 1 is 0.639 bits per heavy atom. The minimum absolute atomic E-state index is 0.299. The van der Waals surface area contributed by atoms with E-state index in [1.54, 1.807) is 12.1 Å². The van der Waals surface area contributed by atoms with Crippen LogP contribution in [0.4, 0.5) is 23.1 Å². The first kappa shape index (κ1) is 21.5. The second-order valence-electron chi connectivity index (χ2n) is 8.09. The lowest BCUT2D eigenvalue weighted by molar-refractivity contribution is -0.401. The van der Waals surface area contributed by atoms with Crippen molar-refractivity contribution < 1.29 is 18.7 Å². The largest absolute Gasteiger partial charge is 0.434 e. The SMILES string of the molecule is O=[N+]([O-])c1cc2c(ccc3cc(NC(=S)Nc4ccc5c(ccc6oc([N+](=O)[O-])cc65)c4)ccc32)o1. The van der Waals surface area contributed by atoms with Gasteiger partial charge in [0, 0.05) is 22.1 Å². The first-order chi connectivity index (χ1) is 17.4. The number of nitrogens with one attached hydrogen (secondary N) is 2. The number of benzene rings is 4. The molecule has 0 fully saturated rings. The molecule has 0 radical (unpaired) electrons. The molecule has 2 N–H and O–H groups in total. The average molecular weight is 498 g/mol. The van der Waals surface area contributed by atoms with Crippen LogP contribution in [0.25, 0.3) is 43.5 Å². The Morgan fingerprint density at radius 3 is 1.50 bits per heavy atom. The maximum absolute atomic E-state index is 11.0. The number of furan rings is 2. The average Bonchev–Trinajstić information content (AvgIpc) is 3.49. The minimum atomic E-state index is -0.555. The molecule has 6 aromatic rings. The third-order valence-corrected chi connectivity index (χ3v) is 6.09. The predicted molar refractivity (Wildman–Crippen MR) is 141 cm³/mol. The lowest BCUT2D eigenvalue weighted by Crippen LogP contribution is -2.18. The van der Waals surface area contributed by atoms with Gasteiger partial charge in [-0.05, 0) is 70.2 Å². The fourth-order valence-electron chi connectivity index (χ4n) is 4.30. The molecule has 10 nitrogen and oxygen atoms in total. The van der Waals surface area contributed by atoms with E-state index < -0.39 is 9.85 Å². The molecule has 0 aliphatic heterocycles. The van der Waals surface area contributed by atoms with E-state index in [9.17, 15) is 20.2 Å². The molecule has 0 saturated carbocycles. The molecule has 0 unspecified atom stereocenters. The van der Waals surface area contributed by atoms with E-state index in [1.807, 2.05) is 48.5 Å². The van der Waals surface area contributed by atoms with Crippen molar-refractivity contribution in [2.45, 2.75) is 0 Å². The van der Waals surface area contributed by atoms with Crippen LogP contribution in [0, 0.1) is 20.2 Å². The summed E-state index contributed by atoms with van der Waals surface area (Å²) in [6.07, 6.45) is 0. The van der Waals surface area contributed by atoms with Gasteiger partial charge in [-0.1, -0.05) is 24.3 Å². The van der Waals surface area contributed by atoms with Gasteiger partial charge in [-0.25, -0.2) is 0 Å². The maximum atomic E-state index is 11.0. The van der Waals surface area contributed by atoms with Gasteiger partial charge >= 0.3 is 11.8 Å². The van der Waals surface area contributed by atoms with Crippen molar-refractivity contribution >= 4 is 84.0 Å². The van der Waals surface area contributed by atoms with Gasteiger partial charge in [0.25, 0.3) is 0 Å². The second kappa shape index (κ2) is 8.03.